The SMILES string of the molecule is CC(=O)c1cccc(NC(=O)[C@H]2CCCN(c3nnc(C)c4c(C)n(-c5ccccc5)nc34)C2)c1. The third kappa shape index (κ3) is 4.39. The Morgan fingerprint density at radius 3 is 2.60 bits per heavy atom. The molecule has 0 radical (unpaired) electrons. The van der Waals surface area contributed by atoms with Crippen molar-refractivity contribution in [3.05, 3.63) is 71.5 Å². The molecule has 178 valence electrons. The Labute approximate surface area is 204 Å². The van der Waals surface area contributed by atoms with Gasteiger partial charge in [0.1, 0.15) is 5.52 Å². The molecule has 5 rings (SSSR count). The number of carbonyl (C=O) groups excluding carboxylic acids is 2. The van der Waals surface area contributed by atoms with E-state index in [0.29, 0.717) is 23.6 Å². The number of hydrogen-bond acceptors (Lipinski definition) is 6. The van der Waals surface area contributed by atoms with Crippen LogP contribution in [-0.4, -0.2) is 44.8 Å². The van der Waals surface area contributed by atoms with E-state index in [1.165, 1.54) is 6.92 Å². The Bertz CT molecular complexity index is 1410. The summed E-state index contributed by atoms with van der Waals surface area (Å²) in [5.74, 6) is 0.412. The molecule has 0 unspecified atom stereocenters. The van der Waals surface area contributed by atoms with Crippen molar-refractivity contribution in [2.75, 3.05) is 23.3 Å². The van der Waals surface area contributed by atoms with Crippen LogP contribution in [0.5, 0.6) is 0 Å². The van der Waals surface area contributed by atoms with E-state index in [1.807, 2.05) is 48.9 Å². The molecular formula is C27H28N6O2. The second-order valence-electron chi connectivity index (χ2n) is 9.08. The lowest BCUT2D eigenvalue weighted by atomic mass is 9.96. The zero-order valence-electron chi connectivity index (χ0n) is 20.2. The molecule has 8 nitrogen and oxygen atoms in total. The Morgan fingerprint density at radius 2 is 1.83 bits per heavy atom. The van der Waals surface area contributed by atoms with Crippen molar-refractivity contribution in [1.29, 1.82) is 0 Å². The molecule has 1 amide bonds. The molecule has 1 fully saturated rings. The number of ketones is 1. The number of benzene rings is 2. The predicted molar refractivity (Wildman–Crippen MR) is 136 cm³/mol. The average molecular weight is 469 g/mol. The van der Waals surface area contributed by atoms with E-state index in [0.717, 1.165) is 47.4 Å². The topological polar surface area (TPSA) is 93.0 Å². The number of para-hydroxylation sites is 1. The number of carbonyl (C=O) groups is 2. The lowest BCUT2D eigenvalue weighted by Gasteiger charge is -2.32. The fourth-order valence-electron chi connectivity index (χ4n) is 4.79. The fraction of sp³-hybridized carbons (Fsp3) is 0.296. The highest BCUT2D eigenvalue weighted by atomic mass is 16.2. The van der Waals surface area contributed by atoms with Gasteiger partial charge in [0.15, 0.2) is 11.6 Å². The first-order valence-corrected chi connectivity index (χ1v) is 11.9. The number of hydrogen-bond donors (Lipinski definition) is 1. The van der Waals surface area contributed by atoms with Gasteiger partial charge in [-0.3, -0.25) is 9.59 Å². The minimum atomic E-state index is -0.208. The molecule has 0 spiro atoms. The first kappa shape index (κ1) is 22.7. The van der Waals surface area contributed by atoms with Crippen LogP contribution in [0.25, 0.3) is 16.6 Å². The molecule has 0 aliphatic carbocycles. The summed E-state index contributed by atoms with van der Waals surface area (Å²) in [4.78, 5) is 26.9. The van der Waals surface area contributed by atoms with E-state index in [4.69, 9.17) is 5.10 Å². The van der Waals surface area contributed by atoms with Crippen molar-refractivity contribution in [2.45, 2.75) is 33.6 Å². The maximum absolute atomic E-state index is 13.1. The maximum atomic E-state index is 13.1. The summed E-state index contributed by atoms with van der Waals surface area (Å²) in [5, 5.41) is 17.9. The molecule has 1 atom stereocenters. The number of anilines is 2. The van der Waals surface area contributed by atoms with Crippen molar-refractivity contribution in [3.63, 3.8) is 0 Å². The van der Waals surface area contributed by atoms with Gasteiger partial charge < -0.3 is 10.2 Å². The van der Waals surface area contributed by atoms with Gasteiger partial charge >= 0.3 is 0 Å². The van der Waals surface area contributed by atoms with Crippen LogP contribution in [0.3, 0.4) is 0 Å². The number of aryl methyl sites for hydroxylation is 2. The number of aromatic nitrogens is 4. The van der Waals surface area contributed by atoms with Gasteiger partial charge in [-0.25, -0.2) is 4.68 Å². The van der Waals surface area contributed by atoms with Gasteiger partial charge in [-0.15, -0.1) is 5.10 Å². The summed E-state index contributed by atoms with van der Waals surface area (Å²) in [6.07, 6.45) is 1.65. The van der Waals surface area contributed by atoms with Gasteiger partial charge in [-0.2, -0.15) is 10.2 Å². The summed E-state index contributed by atoms with van der Waals surface area (Å²) in [5.41, 5.74) is 4.84. The molecule has 1 saturated heterocycles. The maximum Gasteiger partial charge on any atom is 0.229 e. The largest absolute Gasteiger partial charge is 0.352 e. The Kier molecular flexibility index (Phi) is 6.03. The van der Waals surface area contributed by atoms with Crippen LogP contribution in [-0.2, 0) is 4.79 Å². The zero-order valence-corrected chi connectivity index (χ0v) is 20.2. The van der Waals surface area contributed by atoms with Crippen molar-refractivity contribution >= 4 is 34.1 Å². The fourth-order valence-corrected chi connectivity index (χ4v) is 4.79. The number of piperidine rings is 1. The smallest absolute Gasteiger partial charge is 0.229 e. The quantitative estimate of drug-likeness (QED) is 0.434. The molecule has 8 heteroatoms. The van der Waals surface area contributed by atoms with E-state index in [1.54, 1.807) is 24.3 Å². The number of rotatable bonds is 5. The molecular weight excluding hydrogens is 440 g/mol. The molecule has 0 saturated carbocycles. The Morgan fingerprint density at radius 1 is 1.03 bits per heavy atom. The van der Waals surface area contributed by atoms with E-state index in [-0.39, 0.29) is 17.6 Å². The summed E-state index contributed by atoms with van der Waals surface area (Å²) in [7, 11) is 0. The number of nitrogens with one attached hydrogen (secondary N) is 1. The lowest BCUT2D eigenvalue weighted by Crippen LogP contribution is -2.41. The van der Waals surface area contributed by atoms with Crippen LogP contribution in [0, 0.1) is 19.8 Å². The van der Waals surface area contributed by atoms with Crippen molar-refractivity contribution in [3.8, 4) is 5.69 Å². The van der Waals surface area contributed by atoms with Crippen molar-refractivity contribution in [2.24, 2.45) is 5.92 Å². The van der Waals surface area contributed by atoms with Crippen LogP contribution >= 0.6 is 0 Å². The first-order valence-electron chi connectivity index (χ1n) is 11.9. The first-order chi connectivity index (χ1) is 16.9. The minimum absolute atomic E-state index is 0.0304. The van der Waals surface area contributed by atoms with Gasteiger partial charge in [-0.1, -0.05) is 30.3 Å². The van der Waals surface area contributed by atoms with Gasteiger partial charge in [0.05, 0.1) is 28.4 Å². The summed E-state index contributed by atoms with van der Waals surface area (Å²) in [6, 6.07) is 17.1. The molecule has 3 heterocycles. The van der Waals surface area contributed by atoms with E-state index >= 15 is 0 Å². The lowest BCUT2D eigenvalue weighted by molar-refractivity contribution is -0.120. The Balaban J connectivity index is 1.42. The van der Waals surface area contributed by atoms with E-state index in [9.17, 15) is 9.59 Å². The highest BCUT2D eigenvalue weighted by Gasteiger charge is 2.29. The number of Topliss-reactive ketones (excluding diaryl/α,β-unsaturated/α-hetero) is 1. The second-order valence-corrected chi connectivity index (χ2v) is 9.08. The van der Waals surface area contributed by atoms with Gasteiger partial charge in [0, 0.05) is 24.3 Å². The van der Waals surface area contributed by atoms with Crippen molar-refractivity contribution in [1.82, 2.24) is 20.0 Å². The number of nitrogens with zero attached hydrogens (tertiary/aromatic N) is 5. The third-order valence-corrected chi connectivity index (χ3v) is 6.61. The molecule has 2 aromatic carbocycles. The zero-order chi connectivity index (χ0) is 24.5. The number of amides is 1. The van der Waals surface area contributed by atoms with Crippen LogP contribution < -0.4 is 10.2 Å². The van der Waals surface area contributed by atoms with Crippen LogP contribution in [0.15, 0.2) is 54.6 Å². The molecule has 1 aliphatic heterocycles. The molecule has 0 bridgehead atoms. The minimum Gasteiger partial charge on any atom is -0.352 e. The third-order valence-electron chi connectivity index (χ3n) is 6.61. The van der Waals surface area contributed by atoms with Crippen LogP contribution in [0.1, 0.15) is 41.5 Å². The molecule has 35 heavy (non-hydrogen) atoms. The monoisotopic (exact) mass is 468 g/mol. The van der Waals surface area contributed by atoms with Crippen molar-refractivity contribution < 1.29 is 9.59 Å². The van der Waals surface area contributed by atoms with E-state index < -0.39 is 0 Å². The molecule has 1 N–H and O–H groups in total. The summed E-state index contributed by atoms with van der Waals surface area (Å²) in [6.45, 7) is 6.83. The van der Waals surface area contributed by atoms with Gasteiger partial charge in [0.25, 0.3) is 0 Å². The highest BCUT2D eigenvalue weighted by molar-refractivity contribution is 5.98. The Hall–Kier alpha value is -4.07. The standard InChI is InChI=1S/C27H28N6O2/c1-17-24-18(2)33(23-12-5-4-6-13-23)31-25(24)26(30-29-17)32-14-8-10-21(16-32)27(35)28-22-11-7-9-20(15-22)19(3)34/h4-7,9,11-13,15,21H,8,10,14,16H2,1-3H3,(H,28,35)/t21-/m0/s1. The van der Waals surface area contributed by atoms with Crippen LogP contribution in [0.4, 0.5) is 11.5 Å². The van der Waals surface area contributed by atoms with E-state index in [2.05, 4.69) is 20.4 Å². The molecule has 2 aromatic heterocycles. The number of fused-ring (bicyclic) bond motifs is 1. The second kappa shape index (κ2) is 9.29. The summed E-state index contributed by atoms with van der Waals surface area (Å²) >= 11 is 0. The average Bonchev–Trinajstić information content (AvgIpc) is 3.23. The summed E-state index contributed by atoms with van der Waals surface area (Å²) < 4.78 is 1.93. The van der Waals surface area contributed by atoms with Gasteiger partial charge in [0.2, 0.25) is 5.91 Å². The predicted octanol–water partition coefficient (Wildman–Crippen LogP) is 4.49. The molecule has 4 aromatic rings. The normalized spacial score (nSPS) is 15.9. The molecule has 1 aliphatic rings. The van der Waals surface area contributed by atoms with Crippen LogP contribution in [0.2, 0.25) is 0 Å². The van der Waals surface area contributed by atoms with Gasteiger partial charge in [-0.05, 0) is 57.9 Å². The highest BCUT2D eigenvalue weighted by Crippen LogP contribution is 2.31.